The molecule has 0 unspecified atom stereocenters. The molecule has 272 valence electrons. The number of nitriles is 1. The summed E-state index contributed by atoms with van der Waals surface area (Å²) in [5, 5.41) is 10.8. The first-order valence-corrected chi connectivity index (χ1v) is 19.5. The summed E-state index contributed by atoms with van der Waals surface area (Å²) in [5.41, 5.74) is 8.77. The number of thiophene rings is 1. The van der Waals surface area contributed by atoms with Gasteiger partial charge in [0.25, 0.3) is 0 Å². The van der Waals surface area contributed by atoms with E-state index in [1.54, 1.807) is 11.3 Å². The molecule has 10 aromatic rings. The van der Waals surface area contributed by atoms with Crippen LogP contribution in [0.3, 0.4) is 0 Å². The fraction of sp³-hybridized carbons (Fsp3) is 0. The predicted molar refractivity (Wildman–Crippen MR) is 232 cm³/mol. The summed E-state index contributed by atoms with van der Waals surface area (Å²) in [6, 6.07) is 62.0. The van der Waals surface area contributed by atoms with E-state index in [1.165, 1.54) is 4.70 Å². The highest BCUT2D eigenvalue weighted by Gasteiger charge is 2.17. The molecule has 0 spiro atoms. The Morgan fingerprint density at radius 3 is 1.71 bits per heavy atom. The van der Waals surface area contributed by atoms with Crippen LogP contribution in [0, 0.1) is 11.3 Å². The molecule has 8 heteroatoms. The smallest absolute Gasteiger partial charge is 0.164 e. The Morgan fingerprint density at radius 1 is 0.431 bits per heavy atom. The average Bonchev–Trinajstić information content (AvgIpc) is 3.68. The van der Waals surface area contributed by atoms with Gasteiger partial charge in [-0.05, 0) is 59.7 Å². The zero-order chi connectivity index (χ0) is 38.8. The van der Waals surface area contributed by atoms with E-state index in [2.05, 4.69) is 42.5 Å². The first-order chi connectivity index (χ1) is 28.7. The number of ether oxygens (including phenoxy) is 1. The van der Waals surface area contributed by atoms with Crippen LogP contribution < -0.4 is 4.74 Å². The minimum absolute atomic E-state index is 0.520. The van der Waals surface area contributed by atoms with Crippen LogP contribution >= 0.6 is 11.3 Å². The number of rotatable bonds is 8. The Morgan fingerprint density at radius 2 is 0.983 bits per heavy atom. The van der Waals surface area contributed by atoms with E-state index in [1.807, 2.05) is 146 Å². The number of fused-ring (bicyclic) bond motifs is 3. The molecule has 0 amide bonds. The highest BCUT2D eigenvalue weighted by Crippen LogP contribution is 2.39. The third kappa shape index (κ3) is 6.72. The molecule has 0 saturated carbocycles. The van der Waals surface area contributed by atoms with E-state index < -0.39 is 0 Å². The molecule has 0 aliphatic heterocycles. The predicted octanol–water partition coefficient (Wildman–Crippen LogP) is 12.7. The van der Waals surface area contributed by atoms with E-state index in [0.29, 0.717) is 40.4 Å². The standard InChI is InChI=1S/C50H30N6OS/c51-31-38-16-7-8-19-41(38)32-22-24-35(25-23-32)49-54-48(34-14-5-2-6-15-34)55-50(56-49)37-17-11-18-40(30-37)57-39-28-26-36(27-29-39)47-52-44(33-12-3-1-4-13-33)46-45(53-47)42-20-9-10-21-43(42)58-46/h1-30H. The zero-order valence-corrected chi connectivity index (χ0v) is 31.6. The number of hydrogen-bond acceptors (Lipinski definition) is 8. The minimum Gasteiger partial charge on any atom is -0.457 e. The van der Waals surface area contributed by atoms with Crippen LogP contribution in [0.1, 0.15) is 5.56 Å². The van der Waals surface area contributed by atoms with Gasteiger partial charge in [-0.2, -0.15) is 5.26 Å². The lowest BCUT2D eigenvalue weighted by molar-refractivity contribution is 0.483. The van der Waals surface area contributed by atoms with Gasteiger partial charge in [0.2, 0.25) is 0 Å². The fourth-order valence-electron chi connectivity index (χ4n) is 7.00. The molecule has 0 aliphatic carbocycles. The van der Waals surface area contributed by atoms with E-state index in [9.17, 15) is 5.26 Å². The second-order valence-corrected chi connectivity index (χ2v) is 14.7. The molecule has 0 N–H and O–H groups in total. The lowest BCUT2D eigenvalue weighted by atomic mass is 9.99. The van der Waals surface area contributed by atoms with E-state index in [0.717, 1.165) is 60.2 Å². The Bertz CT molecular complexity index is 3140. The molecule has 0 atom stereocenters. The van der Waals surface area contributed by atoms with Gasteiger partial charge in [0, 0.05) is 37.9 Å². The van der Waals surface area contributed by atoms with Gasteiger partial charge in [-0.1, -0.05) is 133 Å². The van der Waals surface area contributed by atoms with Crippen molar-refractivity contribution >= 4 is 31.6 Å². The summed E-state index contributed by atoms with van der Waals surface area (Å²) >= 11 is 1.72. The third-order valence-electron chi connectivity index (χ3n) is 9.88. The van der Waals surface area contributed by atoms with Gasteiger partial charge >= 0.3 is 0 Å². The lowest BCUT2D eigenvalue weighted by Gasteiger charge is -2.11. The number of hydrogen-bond donors (Lipinski definition) is 0. The Hall–Kier alpha value is -7.86. The second kappa shape index (κ2) is 15.0. The van der Waals surface area contributed by atoms with Crippen molar-refractivity contribution in [2.24, 2.45) is 0 Å². The van der Waals surface area contributed by atoms with Crippen molar-refractivity contribution in [1.82, 2.24) is 24.9 Å². The van der Waals surface area contributed by atoms with Crippen LogP contribution in [0.25, 0.3) is 88.2 Å². The summed E-state index contributed by atoms with van der Waals surface area (Å²) in [4.78, 5) is 25.0. The summed E-state index contributed by atoms with van der Waals surface area (Å²) in [5.74, 6) is 3.59. The van der Waals surface area contributed by atoms with Crippen LogP contribution in [0.5, 0.6) is 11.5 Å². The van der Waals surface area contributed by atoms with Crippen molar-refractivity contribution in [2.45, 2.75) is 0 Å². The molecular weight excluding hydrogens is 733 g/mol. The third-order valence-corrected chi connectivity index (χ3v) is 11.0. The van der Waals surface area contributed by atoms with Crippen LogP contribution in [-0.2, 0) is 0 Å². The Balaban J connectivity index is 0.964. The van der Waals surface area contributed by atoms with Crippen LogP contribution in [0.15, 0.2) is 182 Å². The van der Waals surface area contributed by atoms with Crippen molar-refractivity contribution in [3.63, 3.8) is 0 Å². The van der Waals surface area contributed by atoms with Crippen LogP contribution in [0.4, 0.5) is 0 Å². The lowest BCUT2D eigenvalue weighted by Crippen LogP contribution is -2.00. The van der Waals surface area contributed by atoms with Gasteiger partial charge in [0.1, 0.15) is 11.5 Å². The van der Waals surface area contributed by atoms with Crippen molar-refractivity contribution in [2.75, 3.05) is 0 Å². The molecule has 3 aromatic heterocycles. The maximum Gasteiger partial charge on any atom is 0.164 e. The van der Waals surface area contributed by atoms with Gasteiger partial charge in [0.15, 0.2) is 23.3 Å². The normalized spacial score (nSPS) is 11.1. The van der Waals surface area contributed by atoms with Gasteiger partial charge < -0.3 is 4.74 Å². The van der Waals surface area contributed by atoms with Crippen LogP contribution in [0.2, 0.25) is 0 Å². The molecular formula is C50H30N6OS. The summed E-state index contributed by atoms with van der Waals surface area (Å²) in [7, 11) is 0. The SMILES string of the molecule is N#Cc1ccccc1-c1ccc(-c2nc(-c3ccccc3)nc(-c3cccc(Oc4ccc(-c5nc(-c6ccccc6)c6sc7ccccc7c6n5)cc4)c3)n2)cc1. The molecule has 3 heterocycles. The molecule has 7 nitrogen and oxygen atoms in total. The van der Waals surface area contributed by atoms with Gasteiger partial charge in [0.05, 0.1) is 27.5 Å². The molecule has 0 aliphatic rings. The molecule has 7 aromatic carbocycles. The van der Waals surface area contributed by atoms with Gasteiger partial charge in [-0.15, -0.1) is 11.3 Å². The van der Waals surface area contributed by atoms with Gasteiger partial charge in [-0.3, -0.25) is 0 Å². The maximum absolute atomic E-state index is 9.65. The number of nitrogens with zero attached hydrogens (tertiary/aromatic N) is 6. The molecule has 0 fully saturated rings. The van der Waals surface area contributed by atoms with Crippen LogP contribution in [-0.4, -0.2) is 24.9 Å². The Labute approximate surface area is 338 Å². The molecule has 10 rings (SSSR count). The fourth-order valence-corrected chi connectivity index (χ4v) is 8.15. The molecule has 0 radical (unpaired) electrons. The van der Waals surface area contributed by atoms with Crippen molar-refractivity contribution < 1.29 is 4.74 Å². The quantitative estimate of drug-likeness (QED) is 0.152. The zero-order valence-electron chi connectivity index (χ0n) is 30.8. The highest BCUT2D eigenvalue weighted by molar-refractivity contribution is 7.26. The average molecular weight is 763 g/mol. The topological polar surface area (TPSA) is 97.5 Å². The number of benzene rings is 7. The highest BCUT2D eigenvalue weighted by atomic mass is 32.1. The van der Waals surface area contributed by atoms with E-state index in [4.69, 9.17) is 29.7 Å². The maximum atomic E-state index is 9.65. The first kappa shape index (κ1) is 34.6. The summed E-state index contributed by atoms with van der Waals surface area (Å²) < 4.78 is 8.67. The molecule has 0 saturated heterocycles. The minimum atomic E-state index is 0.520. The van der Waals surface area contributed by atoms with Crippen molar-refractivity contribution in [3.05, 3.63) is 188 Å². The van der Waals surface area contributed by atoms with E-state index >= 15 is 0 Å². The van der Waals surface area contributed by atoms with E-state index in [-0.39, 0.29) is 0 Å². The van der Waals surface area contributed by atoms with Crippen molar-refractivity contribution in [1.29, 1.82) is 5.26 Å². The summed E-state index contributed by atoms with van der Waals surface area (Å²) in [6.07, 6.45) is 0. The monoisotopic (exact) mass is 762 g/mol. The Kier molecular flexibility index (Phi) is 8.95. The van der Waals surface area contributed by atoms with Crippen molar-refractivity contribution in [3.8, 4) is 85.5 Å². The second-order valence-electron chi connectivity index (χ2n) is 13.6. The summed E-state index contributed by atoms with van der Waals surface area (Å²) in [6.45, 7) is 0. The largest absolute Gasteiger partial charge is 0.457 e. The first-order valence-electron chi connectivity index (χ1n) is 18.7. The van der Waals surface area contributed by atoms with Gasteiger partial charge in [-0.25, -0.2) is 24.9 Å². The number of aromatic nitrogens is 5. The molecule has 58 heavy (non-hydrogen) atoms. The molecule has 0 bridgehead atoms.